The minimum absolute atomic E-state index is 0.194. The maximum Gasteiger partial charge on any atom is 0.255 e. The molecule has 4 aromatic rings. The minimum Gasteiger partial charge on any atom is -0.494 e. The Kier molecular flexibility index (Phi) is 5.62. The van der Waals surface area contributed by atoms with Gasteiger partial charge >= 0.3 is 0 Å². The summed E-state index contributed by atoms with van der Waals surface area (Å²) in [5.41, 5.74) is 3.42. The van der Waals surface area contributed by atoms with E-state index in [0.717, 1.165) is 22.2 Å². The van der Waals surface area contributed by atoms with Gasteiger partial charge in [-0.25, -0.2) is 4.98 Å². The lowest BCUT2D eigenvalue weighted by Crippen LogP contribution is -2.11. The molecule has 0 aliphatic carbocycles. The predicted molar refractivity (Wildman–Crippen MR) is 117 cm³/mol. The lowest BCUT2D eigenvalue weighted by atomic mass is 10.2. The maximum atomic E-state index is 12.5. The number of oxazole rings is 1. The lowest BCUT2D eigenvalue weighted by molar-refractivity contribution is 0.102. The van der Waals surface area contributed by atoms with Crippen LogP contribution in [0.25, 0.3) is 22.6 Å². The average Bonchev–Trinajstić information content (AvgIpc) is 3.16. The number of amides is 1. The summed E-state index contributed by atoms with van der Waals surface area (Å²) in [6.07, 6.45) is 0.940. The number of ether oxygens (including phenoxy) is 1. The van der Waals surface area contributed by atoms with Crippen molar-refractivity contribution in [3.05, 3.63) is 76.8 Å². The van der Waals surface area contributed by atoms with Crippen molar-refractivity contribution in [2.45, 2.75) is 13.3 Å². The third-order valence-electron chi connectivity index (χ3n) is 4.34. The second-order valence-corrected chi connectivity index (χ2v) is 7.36. The molecule has 3 aromatic carbocycles. The summed E-state index contributed by atoms with van der Waals surface area (Å²) in [5, 5.41) is 2.90. The Hall–Kier alpha value is -3.12. The van der Waals surface area contributed by atoms with Crippen LogP contribution >= 0.6 is 15.9 Å². The molecule has 0 aliphatic heterocycles. The minimum atomic E-state index is -0.194. The van der Waals surface area contributed by atoms with E-state index in [4.69, 9.17) is 9.15 Å². The molecular formula is C23H19BrN2O3. The van der Waals surface area contributed by atoms with Gasteiger partial charge in [0.25, 0.3) is 5.91 Å². The Bertz CT molecular complexity index is 1150. The molecule has 1 aromatic heterocycles. The fourth-order valence-corrected chi connectivity index (χ4v) is 3.34. The Balaban J connectivity index is 1.52. The highest BCUT2D eigenvalue weighted by Crippen LogP contribution is 2.31. The number of nitrogens with one attached hydrogen (secondary N) is 1. The Morgan fingerprint density at radius 1 is 1.10 bits per heavy atom. The highest BCUT2D eigenvalue weighted by Gasteiger charge is 2.12. The van der Waals surface area contributed by atoms with E-state index >= 15 is 0 Å². The van der Waals surface area contributed by atoms with Gasteiger partial charge in [-0.05, 0) is 76.9 Å². The van der Waals surface area contributed by atoms with Crippen LogP contribution in [0.5, 0.6) is 5.75 Å². The van der Waals surface area contributed by atoms with Gasteiger partial charge in [-0.1, -0.05) is 19.1 Å². The van der Waals surface area contributed by atoms with Crippen molar-refractivity contribution in [1.82, 2.24) is 4.98 Å². The Labute approximate surface area is 176 Å². The molecule has 29 heavy (non-hydrogen) atoms. The molecule has 0 unspecified atom stereocenters. The van der Waals surface area contributed by atoms with E-state index < -0.39 is 0 Å². The van der Waals surface area contributed by atoms with Crippen LogP contribution in [0.1, 0.15) is 23.7 Å². The topological polar surface area (TPSA) is 64.4 Å². The summed E-state index contributed by atoms with van der Waals surface area (Å²) in [5.74, 6) is 1.09. The van der Waals surface area contributed by atoms with Gasteiger partial charge in [0.15, 0.2) is 5.58 Å². The molecular weight excluding hydrogens is 432 g/mol. The van der Waals surface area contributed by atoms with Crippen molar-refractivity contribution in [1.29, 1.82) is 0 Å². The fraction of sp³-hybridized carbons (Fsp3) is 0.130. The number of benzene rings is 3. The number of hydrogen-bond acceptors (Lipinski definition) is 4. The molecule has 5 nitrogen and oxygen atoms in total. The zero-order valence-corrected chi connectivity index (χ0v) is 17.4. The monoisotopic (exact) mass is 450 g/mol. The van der Waals surface area contributed by atoms with E-state index in [1.54, 1.807) is 42.5 Å². The molecule has 0 saturated heterocycles. The summed E-state index contributed by atoms with van der Waals surface area (Å²) in [6, 6.07) is 20.2. The number of nitrogens with zero attached hydrogens (tertiary/aromatic N) is 1. The first-order valence-corrected chi connectivity index (χ1v) is 10.1. The smallest absolute Gasteiger partial charge is 0.255 e. The SMILES string of the molecule is CCCOc1ccc(C(=O)Nc2ccc3oc(-c4ccccc4Br)nc3c2)cc1. The van der Waals surface area contributed by atoms with Crippen LogP contribution < -0.4 is 10.1 Å². The van der Waals surface area contributed by atoms with E-state index in [1.165, 1.54) is 0 Å². The molecule has 4 rings (SSSR count). The molecule has 0 radical (unpaired) electrons. The molecule has 1 N–H and O–H groups in total. The number of anilines is 1. The van der Waals surface area contributed by atoms with Crippen molar-refractivity contribution >= 4 is 38.6 Å². The van der Waals surface area contributed by atoms with Crippen LogP contribution in [0.15, 0.2) is 75.6 Å². The predicted octanol–water partition coefficient (Wildman–Crippen LogP) is 6.30. The molecule has 0 saturated carbocycles. The molecule has 0 fully saturated rings. The standard InChI is InChI=1S/C23H19BrN2O3/c1-2-13-28-17-10-7-15(8-11-17)22(27)25-16-9-12-21-20(14-16)26-23(29-21)18-5-3-4-6-19(18)24/h3-12,14H,2,13H2,1H3,(H,25,27). The van der Waals surface area contributed by atoms with E-state index in [9.17, 15) is 4.79 Å². The number of rotatable bonds is 6. The normalized spacial score (nSPS) is 10.8. The molecule has 146 valence electrons. The van der Waals surface area contributed by atoms with Crippen LogP contribution in [0.3, 0.4) is 0 Å². The lowest BCUT2D eigenvalue weighted by Gasteiger charge is -2.07. The summed E-state index contributed by atoms with van der Waals surface area (Å²) in [7, 11) is 0. The van der Waals surface area contributed by atoms with Crippen LogP contribution in [0.2, 0.25) is 0 Å². The van der Waals surface area contributed by atoms with Gasteiger partial charge in [0.1, 0.15) is 11.3 Å². The number of fused-ring (bicyclic) bond motifs is 1. The molecule has 0 spiro atoms. The molecule has 0 atom stereocenters. The quantitative estimate of drug-likeness (QED) is 0.374. The molecule has 0 bridgehead atoms. The number of hydrogen-bond donors (Lipinski definition) is 1. The third kappa shape index (κ3) is 4.32. The summed E-state index contributed by atoms with van der Waals surface area (Å²) in [4.78, 5) is 17.1. The second-order valence-electron chi connectivity index (χ2n) is 6.51. The fourth-order valence-electron chi connectivity index (χ4n) is 2.88. The number of halogens is 1. The zero-order valence-electron chi connectivity index (χ0n) is 15.8. The maximum absolute atomic E-state index is 12.5. The van der Waals surface area contributed by atoms with Crippen molar-refractivity contribution in [2.24, 2.45) is 0 Å². The van der Waals surface area contributed by atoms with Gasteiger partial charge in [-0.2, -0.15) is 0 Å². The number of carbonyl (C=O) groups is 1. The number of carbonyl (C=O) groups excluding carboxylic acids is 1. The summed E-state index contributed by atoms with van der Waals surface area (Å²) >= 11 is 3.52. The Morgan fingerprint density at radius 3 is 2.66 bits per heavy atom. The first kappa shape index (κ1) is 19.2. The third-order valence-corrected chi connectivity index (χ3v) is 5.03. The van der Waals surface area contributed by atoms with Crippen LogP contribution in [-0.4, -0.2) is 17.5 Å². The average molecular weight is 451 g/mol. The van der Waals surface area contributed by atoms with Crippen molar-refractivity contribution < 1.29 is 13.9 Å². The van der Waals surface area contributed by atoms with E-state index in [-0.39, 0.29) is 5.91 Å². The summed E-state index contributed by atoms with van der Waals surface area (Å²) in [6.45, 7) is 2.71. The molecule has 6 heteroatoms. The molecule has 1 heterocycles. The van der Waals surface area contributed by atoms with Crippen LogP contribution in [0.4, 0.5) is 5.69 Å². The second kappa shape index (κ2) is 8.49. The first-order valence-electron chi connectivity index (χ1n) is 9.34. The van der Waals surface area contributed by atoms with E-state index in [2.05, 4.69) is 33.2 Å². The zero-order chi connectivity index (χ0) is 20.2. The van der Waals surface area contributed by atoms with Crippen molar-refractivity contribution in [3.8, 4) is 17.2 Å². The van der Waals surface area contributed by atoms with Crippen LogP contribution in [0, 0.1) is 0 Å². The van der Waals surface area contributed by atoms with E-state index in [0.29, 0.717) is 34.8 Å². The molecule has 1 amide bonds. The van der Waals surface area contributed by atoms with Gasteiger partial charge in [0.05, 0.1) is 12.2 Å². The Morgan fingerprint density at radius 2 is 1.90 bits per heavy atom. The van der Waals surface area contributed by atoms with Crippen molar-refractivity contribution in [2.75, 3.05) is 11.9 Å². The van der Waals surface area contributed by atoms with E-state index in [1.807, 2.05) is 24.3 Å². The van der Waals surface area contributed by atoms with Crippen molar-refractivity contribution in [3.63, 3.8) is 0 Å². The largest absolute Gasteiger partial charge is 0.494 e. The van der Waals surface area contributed by atoms with Crippen LogP contribution in [-0.2, 0) is 0 Å². The first-order chi connectivity index (χ1) is 14.1. The van der Waals surface area contributed by atoms with Gasteiger partial charge in [-0.15, -0.1) is 0 Å². The van der Waals surface area contributed by atoms with Gasteiger partial charge in [-0.3, -0.25) is 4.79 Å². The summed E-state index contributed by atoms with van der Waals surface area (Å²) < 4.78 is 12.3. The number of aromatic nitrogens is 1. The van der Waals surface area contributed by atoms with Gasteiger partial charge in [0.2, 0.25) is 5.89 Å². The highest BCUT2D eigenvalue weighted by molar-refractivity contribution is 9.10. The van der Waals surface area contributed by atoms with Gasteiger partial charge in [0, 0.05) is 15.7 Å². The highest BCUT2D eigenvalue weighted by atomic mass is 79.9. The molecule has 0 aliphatic rings. The van der Waals surface area contributed by atoms with Gasteiger partial charge < -0.3 is 14.5 Å².